The van der Waals surface area contributed by atoms with Crippen LogP contribution >= 0.6 is 0 Å². The maximum Gasteiger partial charge on any atom is 0.222 e. The van der Waals surface area contributed by atoms with Gasteiger partial charge in [-0.25, -0.2) is 4.98 Å². The summed E-state index contributed by atoms with van der Waals surface area (Å²) in [5.41, 5.74) is 4.91. The monoisotopic (exact) mass is 349 g/mol. The third-order valence-electron chi connectivity index (χ3n) is 5.28. The van der Waals surface area contributed by atoms with Crippen molar-refractivity contribution in [2.75, 3.05) is 18.9 Å². The van der Waals surface area contributed by atoms with Crippen LogP contribution in [0.4, 0.5) is 5.82 Å². The van der Waals surface area contributed by atoms with Gasteiger partial charge in [0.2, 0.25) is 5.91 Å². The number of amides is 1. The summed E-state index contributed by atoms with van der Waals surface area (Å²) in [6.45, 7) is 4.75. The van der Waals surface area contributed by atoms with Crippen molar-refractivity contribution in [1.82, 2.24) is 19.5 Å². The normalized spacial score (nSPS) is 17.3. The minimum Gasteiger partial charge on any atom is -0.368 e. The lowest BCUT2D eigenvalue weighted by atomic mass is 10.1. The highest BCUT2D eigenvalue weighted by molar-refractivity contribution is 5.78. The van der Waals surface area contributed by atoms with Gasteiger partial charge in [0.25, 0.3) is 0 Å². The molecule has 1 aromatic carbocycles. The number of hydrogen-bond acceptors (Lipinski definition) is 4. The number of rotatable bonds is 4. The fourth-order valence-corrected chi connectivity index (χ4v) is 3.44. The van der Waals surface area contributed by atoms with E-state index in [2.05, 4.69) is 22.5 Å². The molecule has 4 rings (SSSR count). The Kier molecular flexibility index (Phi) is 4.11. The van der Waals surface area contributed by atoms with E-state index in [9.17, 15) is 4.79 Å². The Balaban J connectivity index is 1.72. The minimum absolute atomic E-state index is 0.212. The first-order valence-corrected chi connectivity index (χ1v) is 8.96. The van der Waals surface area contributed by atoms with Crippen LogP contribution in [0.25, 0.3) is 16.9 Å². The fourth-order valence-electron chi connectivity index (χ4n) is 3.44. The molecule has 1 saturated heterocycles. The van der Waals surface area contributed by atoms with Crippen molar-refractivity contribution in [3.05, 3.63) is 47.7 Å². The highest BCUT2D eigenvalue weighted by Gasteiger charge is 2.27. The van der Waals surface area contributed by atoms with Crippen molar-refractivity contribution in [2.24, 2.45) is 0 Å². The largest absolute Gasteiger partial charge is 0.368 e. The molecular weight excluding hydrogens is 326 g/mol. The highest BCUT2D eigenvalue weighted by atomic mass is 16.2. The maximum absolute atomic E-state index is 11.8. The van der Waals surface area contributed by atoms with E-state index in [0.717, 1.165) is 40.4 Å². The van der Waals surface area contributed by atoms with Crippen LogP contribution in [0.15, 0.2) is 36.4 Å². The van der Waals surface area contributed by atoms with Crippen molar-refractivity contribution in [3.8, 4) is 11.3 Å². The molecule has 1 atom stereocenters. The van der Waals surface area contributed by atoms with E-state index in [0.29, 0.717) is 13.0 Å². The zero-order valence-corrected chi connectivity index (χ0v) is 15.4. The molecule has 6 nitrogen and oxygen atoms in total. The molecule has 0 spiro atoms. The molecule has 1 aliphatic rings. The Morgan fingerprint density at radius 1 is 1.23 bits per heavy atom. The van der Waals surface area contributed by atoms with Gasteiger partial charge in [0.05, 0.1) is 11.4 Å². The van der Waals surface area contributed by atoms with Crippen molar-refractivity contribution < 1.29 is 4.79 Å². The maximum atomic E-state index is 11.8. The molecule has 26 heavy (non-hydrogen) atoms. The van der Waals surface area contributed by atoms with Gasteiger partial charge in [-0.2, -0.15) is 9.61 Å². The Morgan fingerprint density at radius 3 is 2.69 bits per heavy atom. The fraction of sp³-hybridized carbons (Fsp3) is 0.350. The van der Waals surface area contributed by atoms with Crippen LogP contribution in [-0.2, 0) is 4.79 Å². The van der Waals surface area contributed by atoms with Gasteiger partial charge in [-0.3, -0.25) is 4.79 Å². The molecule has 3 heterocycles. The van der Waals surface area contributed by atoms with Crippen molar-refractivity contribution in [3.63, 3.8) is 0 Å². The molecule has 1 aliphatic heterocycles. The standard InChI is InChI=1S/C20H23N5O/c1-13-14(2)23-25-18(21-12-16-9-10-19(26)24(16)3)11-17(22-20(13)25)15-7-5-4-6-8-15/h4-8,11,16,21H,9-10,12H2,1-3H3/t16-/m1/s1. The zero-order chi connectivity index (χ0) is 18.3. The van der Waals surface area contributed by atoms with Gasteiger partial charge in [0, 0.05) is 43.2 Å². The first-order chi connectivity index (χ1) is 12.5. The lowest BCUT2D eigenvalue weighted by Gasteiger charge is -2.21. The number of hydrogen-bond donors (Lipinski definition) is 1. The van der Waals surface area contributed by atoms with E-state index >= 15 is 0 Å². The van der Waals surface area contributed by atoms with Gasteiger partial charge in [-0.05, 0) is 20.3 Å². The summed E-state index contributed by atoms with van der Waals surface area (Å²) in [5.74, 6) is 1.12. The van der Waals surface area contributed by atoms with Gasteiger partial charge < -0.3 is 10.2 Å². The van der Waals surface area contributed by atoms with E-state index in [4.69, 9.17) is 4.98 Å². The van der Waals surface area contributed by atoms with Gasteiger partial charge in [0.1, 0.15) is 5.82 Å². The Morgan fingerprint density at radius 2 is 2.00 bits per heavy atom. The number of aromatic nitrogens is 3. The third-order valence-corrected chi connectivity index (χ3v) is 5.28. The van der Waals surface area contributed by atoms with Crippen LogP contribution < -0.4 is 5.32 Å². The molecule has 1 amide bonds. The smallest absolute Gasteiger partial charge is 0.222 e. The predicted octanol–water partition coefficient (Wildman–Crippen LogP) is 3.05. The molecule has 0 saturated carbocycles. The average molecular weight is 349 g/mol. The molecule has 2 aromatic heterocycles. The van der Waals surface area contributed by atoms with Gasteiger partial charge in [-0.1, -0.05) is 30.3 Å². The summed E-state index contributed by atoms with van der Waals surface area (Å²) < 4.78 is 1.87. The number of anilines is 1. The van der Waals surface area contributed by atoms with Crippen molar-refractivity contribution in [1.29, 1.82) is 0 Å². The van der Waals surface area contributed by atoms with E-state index in [1.807, 2.05) is 54.6 Å². The molecule has 134 valence electrons. The van der Waals surface area contributed by atoms with E-state index < -0.39 is 0 Å². The predicted molar refractivity (Wildman–Crippen MR) is 102 cm³/mol. The molecule has 0 unspecified atom stereocenters. The van der Waals surface area contributed by atoms with Crippen LogP contribution in [0.3, 0.4) is 0 Å². The number of aryl methyl sites for hydroxylation is 2. The molecule has 0 bridgehead atoms. The Bertz CT molecular complexity index is 963. The summed E-state index contributed by atoms with van der Waals surface area (Å²) in [5, 5.41) is 8.14. The number of carbonyl (C=O) groups excluding carboxylic acids is 1. The van der Waals surface area contributed by atoms with E-state index in [1.54, 1.807) is 0 Å². The lowest BCUT2D eigenvalue weighted by molar-refractivity contribution is -0.127. The number of nitrogens with one attached hydrogen (secondary N) is 1. The molecule has 1 fully saturated rings. The number of benzene rings is 1. The lowest BCUT2D eigenvalue weighted by Crippen LogP contribution is -2.34. The summed E-state index contributed by atoms with van der Waals surface area (Å²) in [6.07, 6.45) is 1.52. The molecule has 3 aromatic rings. The SMILES string of the molecule is Cc1nn2c(NC[C@H]3CCC(=O)N3C)cc(-c3ccccc3)nc2c1C. The van der Waals surface area contributed by atoms with Crippen LogP contribution in [0, 0.1) is 13.8 Å². The van der Waals surface area contributed by atoms with Gasteiger partial charge in [-0.15, -0.1) is 0 Å². The Hall–Kier alpha value is -2.89. The minimum atomic E-state index is 0.212. The van der Waals surface area contributed by atoms with Crippen molar-refractivity contribution in [2.45, 2.75) is 32.7 Å². The van der Waals surface area contributed by atoms with Crippen LogP contribution in [0.2, 0.25) is 0 Å². The molecular formula is C20H23N5O. The summed E-state index contributed by atoms with van der Waals surface area (Å²) >= 11 is 0. The summed E-state index contributed by atoms with van der Waals surface area (Å²) in [4.78, 5) is 18.4. The molecule has 0 aliphatic carbocycles. The summed E-state index contributed by atoms with van der Waals surface area (Å²) in [7, 11) is 1.88. The Labute approximate surface area is 152 Å². The first kappa shape index (κ1) is 16.6. The number of carbonyl (C=O) groups is 1. The average Bonchev–Trinajstić information content (AvgIpc) is 3.13. The first-order valence-electron chi connectivity index (χ1n) is 8.96. The number of likely N-dealkylation sites (tertiary alicyclic amines) is 1. The topological polar surface area (TPSA) is 62.5 Å². The van der Waals surface area contributed by atoms with Crippen molar-refractivity contribution >= 4 is 17.4 Å². The van der Waals surface area contributed by atoms with Crippen LogP contribution in [-0.4, -0.2) is 45.0 Å². The molecule has 1 N–H and O–H groups in total. The summed E-state index contributed by atoms with van der Waals surface area (Å²) in [6, 6.07) is 12.4. The second-order valence-corrected chi connectivity index (χ2v) is 6.92. The molecule has 6 heteroatoms. The quantitative estimate of drug-likeness (QED) is 0.786. The van der Waals surface area contributed by atoms with Crippen LogP contribution in [0.5, 0.6) is 0 Å². The molecule has 0 radical (unpaired) electrons. The number of nitrogens with zero attached hydrogens (tertiary/aromatic N) is 4. The zero-order valence-electron chi connectivity index (χ0n) is 15.4. The van der Waals surface area contributed by atoms with Gasteiger partial charge in [0.15, 0.2) is 5.65 Å². The number of fused-ring (bicyclic) bond motifs is 1. The highest BCUT2D eigenvalue weighted by Crippen LogP contribution is 2.25. The van der Waals surface area contributed by atoms with E-state index in [-0.39, 0.29) is 11.9 Å². The van der Waals surface area contributed by atoms with E-state index in [1.165, 1.54) is 0 Å². The van der Waals surface area contributed by atoms with Gasteiger partial charge >= 0.3 is 0 Å². The number of likely N-dealkylation sites (N-methyl/N-ethyl adjacent to an activating group) is 1. The second kappa shape index (κ2) is 6.44. The van der Waals surface area contributed by atoms with Crippen LogP contribution in [0.1, 0.15) is 24.1 Å². The second-order valence-electron chi connectivity index (χ2n) is 6.92. The third kappa shape index (κ3) is 2.81.